The number of hydrogen-bond donors (Lipinski definition) is 1. The highest BCUT2D eigenvalue weighted by molar-refractivity contribution is 7.09. The number of piperidine rings is 1. The molecule has 6 rings (SSSR count). The first kappa shape index (κ1) is 26.0. The number of imide groups is 1. The van der Waals surface area contributed by atoms with E-state index in [1.54, 1.807) is 11.0 Å². The van der Waals surface area contributed by atoms with E-state index in [2.05, 4.69) is 15.1 Å². The number of fused-ring (bicyclic) bond motifs is 1. The van der Waals surface area contributed by atoms with Gasteiger partial charge >= 0.3 is 0 Å². The largest absolute Gasteiger partial charge is 0.371 e. The van der Waals surface area contributed by atoms with Gasteiger partial charge in [-0.05, 0) is 49.4 Å². The van der Waals surface area contributed by atoms with Crippen LogP contribution in [0.1, 0.15) is 57.1 Å². The second-order valence-corrected chi connectivity index (χ2v) is 11.5. The number of aromatic amines is 1. The number of benzene rings is 2. The van der Waals surface area contributed by atoms with Gasteiger partial charge in [0.25, 0.3) is 11.8 Å². The van der Waals surface area contributed by atoms with Crippen LogP contribution in [-0.2, 0) is 11.3 Å². The van der Waals surface area contributed by atoms with Crippen molar-refractivity contribution in [3.05, 3.63) is 93.8 Å². The second-order valence-electron chi connectivity index (χ2n) is 10.4. The maximum atomic E-state index is 13.5. The number of carbonyl (C=O) groups excluding carboxylic acids is 3. The van der Waals surface area contributed by atoms with Gasteiger partial charge in [0, 0.05) is 36.5 Å². The highest BCUT2D eigenvalue weighted by Crippen LogP contribution is 2.35. The third-order valence-corrected chi connectivity index (χ3v) is 8.96. The third-order valence-electron chi connectivity index (χ3n) is 8.10. The summed E-state index contributed by atoms with van der Waals surface area (Å²) >= 11 is 1.53. The normalized spacial score (nSPS) is 16.4. The number of nitrogens with one attached hydrogen (secondary N) is 1. The minimum atomic E-state index is -0.245. The van der Waals surface area contributed by atoms with Gasteiger partial charge in [-0.2, -0.15) is 5.10 Å². The summed E-state index contributed by atoms with van der Waals surface area (Å²) in [5, 5.41) is 9.50. The molecule has 1 N–H and O–H groups in total. The van der Waals surface area contributed by atoms with Crippen molar-refractivity contribution in [3.63, 3.8) is 0 Å². The van der Waals surface area contributed by atoms with E-state index in [0.717, 1.165) is 27.5 Å². The van der Waals surface area contributed by atoms with E-state index >= 15 is 0 Å². The van der Waals surface area contributed by atoms with E-state index in [0.29, 0.717) is 37.1 Å². The van der Waals surface area contributed by atoms with E-state index in [1.807, 2.05) is 80.0 Å². The molecular weight excluding hydrogens is 522 g/mol. The number of nitrogens with zero attached hydrogens (tertiary/aromatic N) is 4. The highest BCUT2D eigenvalue weighted by atomic mass is 32.1. The van der Waals surface area contributed by atoms with Gasteiger partial charge in [0.05, 0.1) is 40.8 Å². The molecule has 0 saturated carbocycles. The molecule has 4 aromatic rings. The number of aromatic nitrogens is 2. The maximum Gasteiger partial charge on any atom is 0.264 e. The van der Waals surface area contributed by atoms with Gasteiger partial charge in [-0.3, -0.25) is 24.4 Å². The lowest BCUT2D eigenvalue weighted by Crippen LogP contribution is -2.42. The van der Waals surface area contributed by atoms with Crippen LogP contribution >= 0.6 is 11.3 Å². The Morgan fingerprint density at radius 1 is 1.05 bits per heavy atom. The summed E-state index contributed by atoms with van der Waals surface area (Å²) in [5.41, 5.74) is 4.49. The Hall–Kier alpha value is -4.24. The number of hydrogen-bond acceptors (Lipinski definition) is 6. The monoisotopic (exact) mass is 553 g/mol. The Labute approximate surface area is 237 Å². The van der Waals surface area contributed by atoms with E-state index < -0.39 is 0 Å². The molecule has 9 heteroatoms. The molecule has 40 heavy (non-hydrogen) atoms. The molecule has 0 aliphatic carbocycles. The molecule has 1 atom stereocenters. The SMILES string of the molecule is C[C@@H](c1cc(-c2ccccc2)n[nH]1)N(C)C(=O)C1CCN(c2cccc3c2C(=O)N(Cc2cccs2)C3=O)CC1. The zero-order valence-electron chi connectivity index (χ0n) is 22.5. The molecule has 204 valence electrons. The molecule has 2 aliphatic rings. The van der Waals surface area contributed by atoms with Gasteiger partial charge in [-0.25, -0.2) is 0 Å². The van der Waals surface area contributed by atoms with E-state index in [1.165, 1.54) is 16.2 Å². The quantitative estimate of drug-likeness (QED) is 0.311. The molecule has 3 amide bonds. The van der Waals surface area contributed by atoms with Gasteiger partial charge < -0.3 is 9.80 Å². The van der Waals surface area contributed by atoms with Crippen molar-refractivity contribution >= 4 is 34.7 Å². The van der Waals surface area contributed by atoms with Crippen LogP contribution in [0.2, 0.25) is 0 Å². The summed E-state index contributed by atoms with van der Waals surface area (Å²) in [6, 6.07) is 21.2. The summed E-state index contributed by atoms with van der Waals surface area (Å²) < 4.78 is 0. The summed E-state index contributed by atoms with van der Waals surface area (Å²) in [6.45, 7) is 3.58. The first-order valence-electron chi connectivity index (χ1n) is 13.6. The van der Waals surface area contributed by atoms with E-state index in [4.69, 9.17) is 0 Å². The van der Waals surface area contributed by atoms with Crippen molar-refractivity contribution < 1.29 is 14.4 Å². The average molecular weight is 554 g/mol. The zero-order valence-corrected chi connectivity index (χ0v) is 23.4. The topological polar surface area (TPSA) is 89.6 Å². The predicted octanol–water partition coefficient (Wildman–Crippen LogP) is 5.37. The maximum absolute atomic E-state index is 13.5. The fourth-order valence-corrected chi connectivity index (χ4v) is 6.34. The molecule has 2 aliphatic heterocycles. The lowest BCUT2D eigenvalue weighted by molar-refractivity contribution is -0.136. The number of anilines is 1. The molecule has 8 nitrogen and oxygen atoms in total. The first-order chi connectivity index (χ1) is 19.4. The van der Waals surface area contributed by atoms with Crippen molar-refractivity contribution in [2.24, 2.45) is 5.92 Å². The Morgan fingerprint density at radius 2 is 1.82 bits per heavy atom. The van der Waals surface area contributed by atoms with Crippen LogP contribution < -0.4 is 4.90 Å². The lowest BCUT2D eigenvalue weighted by Gasteiger charge is -2.36. The van der Waals surface area contributed by atoms with Gasteiger partial charge in [0.1, 0.15) is 0 Å². The molecule has 4 heterocycles. The van der Waals surface area contributed by atoms with Gasteiger partial charge in [-0.1, -0.05) is 42.5 Å². The van der Waals surface area contributed by atoms with Crippen molar-refractivity contribution in [1.82, 2.24) is 20.0 Å². The standard InChI is InChI=1S/C31H31N5O3S/c1-20(25-18-26(33-32-25)21-8-4-3-5-9-21)34(2)29(37)22-13-15-35(16-14-22)27-12-6-11-24-28(27)31(39)36(30(24)38)19-23-10-7-17-40-23/h3-12,17-18,20,22H,13-16,19H2,1-2H3,(H,32,33)/t20-/m0/s1. The smallest absolute Gasteiger partial charge is 0.264 e. The van der Waals surface area contributed by atoms with Crippen LogP contribution in [0.15, 0.2) is 72.1 Å². The zero-order chi connectivity index (χ0) is 27.8. The Morgan fingerprint density at radius 3 is 2.55 bits per heavy atom. The summed E-state index contributed by atoms with van der Waals surface area (Å²) in [4.78, 5) is 46.2. The second kappa shape index (κ2) is 10.7. The van der Waals surface area contributed by atoms with Crippen molar-refractivity contribution in [3.8, 4) is 11.3 Å². The molecular formula is C31H31N5O3S. The first-order valence-corrected chi connectivity index (χ1v) is 14.4. The molecule has 2 aromatic heterocycles. The van der Waals surface area contributed by atoms with Crippen LogP contribution in [0.5, 0.6) is 0 Å². The summed E-state index contributed by atoms with van der Waals surface area (Å²) in [7, 11) is 1.85. The van der Waals surface area contributed by atoms with E-state index in [9.17, 15) is 14.4 Å². The average Bonchev–Trinajstić information content (AvgIpc) is 3.75. The molecule has 2 aromatic carbocycles. The van der Waals surface area contributed by atoms with Crippen LogP contribution in [-0.4, -0.2) is 57.9 Å². The van der Waals surface area contributed by atoms with Gasteiger partial charge in [0.15, 0.2) is 0 Å². The van der Waals surface area contributed by atoms with Gasteiger partial charge in [-0.15, -0.1) is 11.3 Å². The molecule has 0 radical (unpaired) electrons. The summed E-state index contributed by atoms with van der Waals surface area (Å²) in [6.07, 6.45) is 1.36. The fraction of sp³-hybridized carbons (Fsp3) is 0.290. The van der Waals surface area contributed by atoms with E-state index in [-0.39, 0.29) is 36.2 Å². The molecule has 0 unspecified atom stereocenters. The number of thiophene rings is 1. The molecule has 1 fully saturated rings. The fourth-order valence-electron chi connectivity index (χ4n) is 5.64. The predicted molar refractivity (Wildman–Crippen MR) is 155 cm³/mol. The number of rotatable bonds is 7. The lowest BCUT2D eigenvalue weighted by atomic mass is 9.93. The Kier molecular flexibility index (Phi) is 6.98. The number of carbonyl (C=O) groups is 3. The Balaban J connectivity index is 1.11. The number of amides is 3. The van der Waals surface area contributed by atoms with Crippen molar-refractivity contribution in [2.45, 2.75) is 32.4 Å². The van der Waals surface area contributed by atoms with Crippen molar-refractivity contribution in [1.29, 1.82) is 0 Å². The summed E-state index contributed by atoms with van der Waals surface area (Å²) in [5.74, 6) is -0.491. The Bertz CT molecular complexity index is 1540. The van der Waals surface area contributed by atoms with Crippen LogP contribution in [0, 0.1) is 5.92 Å². The minimum absolute atomic E-state index is 0.106. The van der Waals surface area contributed by atoms with Crippen LogP contribution in [0.25, 0.3) is 11.3 Å². The minimum Gasteiger partial charge on any atom is -0.371 e. The molecule has 0 spiro atoms. The third kappa shape index (κ3) is 4.70. The van der Waals surface area contributed by atoms with Crippen LogP contribution in [0.4, 0.5) is 5.69 Å². The van der Waals surface area contributed by atoms with Gasteiger partial charge in [0.2, 0.25) is 5.91 Å². The van der Waals surface area contributed by atoms with Crippen molar-refractivity contribution in [2.75, 3.05) is 25.0 Å². The van der Waals surface area contributed by atoms with Crippen LogP contribution in [0.3, 0.4) is 0 Å². The highest BCUT2D eigenvalue weighted by Gasteiger charge is 2.39. The number of H-pyrrole nitrogens is 1. The molecule has 1 saturated heterocycles. The molecule has 0 bridgehead atoms.